The highest BCUT2D eigenvalue weighted by molar-refractivity contribution is 5.77. The minimum Gasteiger partial charge on any atom is -0.496 e. The summed E-state index contributed by atoms with van der Waals surface area (Å²) in [6, 6.07) is 20.3. The van der Waals surface area contributed by atoms with Crippen LogP contribution in [0.5, 0.6) is 0 Å². The van der Waals surface area contributed by atoms with Crippen molar-refractivity contribution in [1.82, 2.24) is 0 Å². The molecule has 0 amide bonds. The smallest absolute Gasteiger partial charge is 0.126 e. The molecule has 0 aliphatic heterocycles. The van der Waals surface area contributed by atoms with Crippen molar-refractivity contribution < 1.29 is 4.74 Å². The summed E-state index contributed by atoms with van der Waals surface area (Å²) < 4.78 is 5.40. The van der Waals surface area contributed by atoms with Gasteiger partial charge in [0.15, 0.2) is 0 Å². The van der Waals surface area contributed by atoms with Crippen LogP contribution in [0.15, 0.2) is 60.7 Å². The molecule has 0 bridgehead atoms. The SMILES string of the molecule is CO/C(=C/c1ccccc1)c1ccccc1. The van der Waals surface area contributed by atoms with Crippen LogP contribution in [-0.4, -0.2) is 7.11 Å². The van der Waals surface area contributed by atoms with Crippen molar-refractivity contribution in [3.63, 3.8) is 0 Å². The molecule has 0 spiro atoms. The molecular formula is C15H14O. The Labute approximate surface area is 96.0 Å². The van der Waals surface area contributed by atoms with Crippen LogP contribution in [-0.2, 0) is 4.74 Å². The highest BCUT2D eigenvalue weighted by Crippen LogP contribution is 2.18. The molecule has 0 atom stereocenters. The summed E-state index contributed by atoms with van der Waals surface area (Å²) in [7, 11) is 1.70. The van der Waals surface area contributed by atoms with Gasteiger partial charge in [-0.15, -0.1) is 0 Å². The van der Waals surface area contributed by atoms with Crippen LogP contribution in [0.1, 0.15) is 11.1 Å². The van der Waals surface area contributed by atoms with Crippen LogP contribution in [0.3, 0.4) is 0 Å². The van der Waals surface area contributed by atoms with E-state index < -0.39 is 0 Å². The first-order chi connectivity index (χ1) is 7.90. The molecule has 0 fully saturated rings. The third-order valence-corrected chi connectivity index (χ3v) is 2.38. The molecule has 1 heteroatoms. The molecule has 0 aliphatic carbocycles. The lowest BCUT2D eigenvalue weighted by atomic mass is 10.1. The molecule has 16 heavy (non-hydrogen) atoms. The molecule has 1 nitrogen and oxygen atoms in total. The van der Waals surface area contributed by atoms with E-state index in [4.69, 9.17) is 4.74 Å². The number of hydrogen-bond acceptors (Lipinski definition) is 1. The van der Waals surface area contributed by atoms with E-state index in [1.165, 1.54) is 0 Å². The highest BCUT2D eigenvalue weighted by Gasteiger charge is 1.99. The van der Waals surface area contributed by atoms with Crippen molar-refractivity contribution in [3.8, 4) is 0 Å². The van der Waals surface area contributed by atoms with E-state index in [2.05, 4.69) is 12.1 Å². The highest BCUT2D eigenvalue weighted by atomic mass is 16.5. The molecule has 0 N–H and O–H groups in total. The van der Waals surface area contributed by atoms with Crippen LogP contribution in [0, 0.1) is 0 Å². The third-order valence-electron chi connectivity index (χ3n) is 2.38. The normalized spacial score (nSPS) is 11.2. The van der Waals surface area contributed by atoms with Gasteiger partial charge in [-0.25, -0.2) is 0 Å². The van der Waals surface area contributed by atoms with E-state index in [-0.39, 0.29) is 0 Å². The quantitative estimate of drug-likeness (QED) is 0.552. The summed E-state index contributed by atoms with van der Waals surface area (Å²) in [6.45, 7) is 0. The summed E-state index contributed by atoms with van der Waals surface area (Å²) in [6.07, 6.45) is 2.04. The molecule has 0 radical (unpaired) electrons. The molecule has 0 saturated heterocycles. The lowest BCUT2D eigenvalue weighted by Gasteiger charge is -2.06. The van der Waals surface area contributed by atoms with Gasteiger partial charge in [0, 0.05) is 5.56 Å². The molecule has 0 unspecified atom stereocenters. The van der Waals surface area contributed by atoms with Crippen molar-refractivity contribution in [2.45, 2.75) is 0 Å². The van der Waals surface area contributed by atoms with Gasteiger partial charge < -0.3 is 4.74 Å². The Balaban J connectivity index is 2.34. The Morgan fingerprint density at radius 1 is 0.875 bits per heavy atom. The second kappa shape index (κ2) is 5.17. The zero-order valence-electron chi connectivity index (χ0n) is 9.26. The Morgan fingerprint density at radius 2 is 1.44 bits per heavy atom. The number of benzene rings is 2. The summed E-state index contributed by atoms with van der Waals surface area (Å²) >= 11 is 0. The van der Waals surface area contributed by atoms with E-state index in [0.717, 1.165) is 16.9 Å². The summed E-state index contributed by atoms with van der Waals surface area (Å²) in [5.74, 6) is 0.881. The van der Waals surface area contributed by atoms with Gasteiger partial charge in [0.25, 0.3) is 0 Å². The molecule has 0 aliphatic rings. The maximum absolute atomic E-state index is 5.40. The predicted octanol–water partition coefficient (Wildman–Crippen LogP) is 3.83. The van der Waals surface area contributed by atoms with Crippen LogP contribution >= 0.6 is 0 Å². The first kappa shape index (κ1) is 10.5. The minimum absolute atomic E-state index is 0.881. The molecule has 2 aromatic carbocycles. The van der Waals surface area contributed by atoms with Gasteiger partial charge in [-0.2, -0.15) is 0 Å². The number of rotatable bonds is 3. The Bertz CT molecular complexity index is 457. The van der Waals surface area contributed by atoms with E-state index in [9.17, 15) is 0 Å². The first-order valence-corrected chi connectivity index (χ1v) is 5.26. The van der Waals surface area contributed by atoms with E-state index in [1.54, 1.807) is 7.11 Å². The van der Waals surface area contributed by atoms with Gasteiger partial charge in [0.2, 0.25) is 0 Å². The molecule has 2 rings (SSSR count). The number of hydrogen-bond donors (Lipinski definition) is 0. The fourth-order valence-corrected chi connectivity index (χ4v) is 1.56. The summed E-state index contributed by atoms with van der Waals surface area (Å²) in [4.78, 5) is 0. The van der Waals surface area contributed by atoms with Crippen LogP contribution in [0.4, 0.5) is 0 Å². The van der Waals surface area contributed by atoms with Gasteiger partial charge in [-0.3, -0.25) is 0 Å². The average molecular weight is 210 g/mol. The van der Waals surface area contributed by atoms with Gasteiger partial charge in [0.05, 0.1) is 7.11 Å². The Morgan fingerprint density at radius 3 is 2.00 bits per heavy atom. The van der Waals surface area contributed by atoms with Crippen LogP contribution in [0.2, 0.25) is 0 Å². The van der Waals surface area contributed by atoms with Gasteiger partial charge in [-0.05, 0) is 11.6 Å². The summed E-state index contributed by atoms with van der Waals surface area (Å²) in [5, 5.41) is 0. The molecule has 2 aromatic rings. The second-order valence-electron chi connectivity index (χ2n) is 3.49. The third kappa shape index (κ3) is 2.51. The molecule has 80 valence electrons. The van der Waals surface area contributed by atoms with Crippen molar-refractivity contribution in [2.24, 2.45) is 0 Å². The zero-order chi connectivity index (χ0) is 11.2. The lowest BCUT2D eigenvalue weighted by Crippen LogP contribution is -1.86. The standard InChI is InChI=1S/C15H14O/c1-16-15(14-10-6-3-7-11-14)12-13-8-4-2-5-9-13/h2-12H,1H3/b15-12+. The Kier molecular flexibility index (Phi) is 3.39. The second-order valence-corrected chi connectivity index (χ2v) is 3.49. The van der Waals surface area contributed by atoms with E-state index in [1.807, 2.05) is 54.6 Å². The lowest BCUT2D eigenvalue weighted by molar-refractivity contribution is 0.372. The first-order valence-electron chi connectivity index (χ1n) is 5.26. The Hall–Kier alpha value is -2.02. The summed E-state index contributed by atoms with van der Waals surface area (Å²) in [5.41, 5.74) is 2.23. The van der Waals surface area contributed by atoms with Gasteiger partial charge >= 0.3 is 0 Å². The largest absolute Gasteiger partial charge is 0.496 e. The maximum Gasteiger partial charge on any atom is 0.126 e. The number of ether oxygens (including phenoxy) is 1. The van der Waals surface area contributed by atoms with Crippen LogP contribution < -0.4 is 0 Å². The molecule has 0 heterocycles. The van der Waals surface area contributed by atoms with Crippen molar-refractivity contribution >= 4 is 11.8 Å². The predicted molar refractivity (Wildman–Crippen MR) is 67.8 cm³/mol. The zero-order valence-corrected chi connectivity index (χ0v) is 9.26. The van der Waals surface area contributed by atoms with Crippen LogP contribution in [0.25, 0.3) is 11.8 Å². The van der Waals surface area contributed by atoms with Crippen molar-refractivity contribution in [2.75, 3.05) is 7.11 Å². The minimum atomic E-state index is 0.881. The topological polar surface area (TPSA) is 9.23 Å². The molecule has 0 saturated carbocycles. The van der Waals surface area contributed by atoms with E-state index in [0.29, 0.717) is 0 Å². The van der Waals surface area contributed by atoms with Gasteiger partial charge in [0.1, 0.15) is 5.76 Å². The average Bonchev–Trinajstić information content (AvgIpc) is 2.38. The molecule has 0 aromatic heterocycles. The fourth-order valence-electron chi connectivity index (χ4n) is 1.56. The van der Waals surface area contributed by atoms with Crippen molar-refractivity contribution in [3.05, 3.63) is 71.8 Å². The maximum atomic E-state index is 5.40. The monoisotopic (exact) mass is 210 g/mol. The number of methoxy groups -OCH3 is 1. The van der Waals surface area contributed by atoms with E-state index >= 15 is 0 Å². The fraction of sp³-hybridized carbons (Fsp3) is 0.0667. The molecular weight excluding hydrogens is 196 g/mol. The van der Waals surface area contributed by atoms with Gasteiger partial charge in [-0.1, -0.05) is 60.7 Å². The van der Waals surface area contributed by atoms with Crippen molar-refractivity contribution in [1.29, 1.82) is 0 Å².